The van der Waals surface area contributed by atoms with Crippen LogP contribution < -0.4 is 0 Å². The molecule has 0 saturated carbocycles. The van der Waals surface area contributed by atoms with Crippen molar-refractivity contribution in [2.45, 2.75) is 9.79 Å². The molecular weight excluding hydrogens is 348 g/mol. The predicted octanol–water partition coefficient (Wildman–Crippen LogP) is 4.52. The quantitative estimate of drug-likeness (QED) is 0.581. The number of hydrogen-bond acceptors (Lipinski definition) is 3. The molecular formula is C21H14O4S. The highest BCUT2D eigenvalue weighted by Crippen LogP contribution is 2.34. The number of carboxylic acid groups (broad SMARTS) is 1. The van der Waals surface area contributed by atoms with Crippen LogP contribution in [0.1, 0.15) is 10.4 Å². The average Bonchev–Trinajstić information content (AvgIpc) is 2.66. The van der Waals surface area contributed by atoms with Crippen LogP contribution in [0.3, 0.4) is 0 Å². The topological polar surface area (TPSA) is 71.4 Å². The molecule has 0 amide bonds. The molecule has 0 saturated heterocycles. The van der Waals surface area contributed by atoms with Crippen molar-refractivity contribution >= 4 is 37.4 Å². The van der Waals surface area contributed by atoms with Crippen LogP contribution in [0.4, 0.5) is 0 Å². The zero-order valence-corrected chi connectivity index (χ0v) is 14.4. The second kappa shape index (κ2) is 5.97. The Morgan fingerprint density at radius 2 is 1.27 bits per heavy atom. The Morgan fingerprint density at radius 3 is 1.96 bits per heavy atom. The summed E-state index contributed by atoms with van der Waals surface area (Å²) in [7, 11) is -4.05. The molecule has 0 fully saturated rings. The van der Waals surface area contributed by atoms with Crippen LogP contribution in [0.15, 0.2) is 88.7 Å². The largest absolute Gasteiger partial charge is 0.478 e. The Bertz CT molecular complexity index is 1270. The average molecular weight is 362 g/mol. The first-order chi connectivity index (χ1) is 12.5. The lowest BCUT2D eigenvalue weighted by molar-refractivity contribution is 0.0693. The van der Waals surface area contributed by atoms with Crippen molar-refractivity contribution in [2.24, 2.45) is 0 Å². The van der Waals surface area contributed by atoms with E-state index >= 15 is 0 Å². The van der Waals surface area contributed by atoms with Gasteiger partial charge in [-0.1, -0.05) is 66.7 Å². The first-order valence-electron chi connectivity index (χ1n) is 7.98. The number of hydrogen-bond donors (Lipinski definition) is 1. The Morgan fingerprint density at radius 1 is 0.692 bits per heavy atom. The lowest BCUT2D eigenvalue weighted by Gasteiger charge is -2.13. The minimum atomic E-state index is -4.05. The number of fused-ring (bicyclic) bond motifs is 2. The molecule has 4 aromatic rings. The molecule has 0 radical (unpaired) electrons. The minimum absolute atomic E-state index is 0.106. The second-order valence-electron chi connectivity index (χ2n) is 5.95. The van der Waals surface area contributed by atoms with E-state index in [-0.39, 0.29) is 15.4 Å². The van der Waals surface area contributed by atoms with E-state index in [2.05, 4.69) is 0 Å². The van der Waals surface area contributed by atoms with Gasteiger partial charge >= 0.3 is 5.97 Å². The normalized spacial score (nSPS) is 11.7. The molecule has 0 unspecified atom stereocenters. The summed E-state index contributed by atoms with van der Waals surface area (Å²) in [5.41, 5.74) is -0.225. The van der Waals surface area contributed by atoms with Crippen LogP contribution in [-0.2, 0) is 9.84 Å². The summed E-state index contributed by atoms with van der Waals surface area (Å²) in [5.74, 6) is -1.27. The van der Waals surface area contributed by atoms with Gasteiger partial charge in [0.2, 0.25) is 9.84 Å². The van der Waals surface area contributed by atoms with E-state index in [1.54, 1.807) is 48.5 Å². The molecule has 0 aliphatic rings. The Hall–Kier alpha value is -3.18. The molecule has 4 rings (SSSR count). The number of benzene rings is 4. The fourth-order valence-electron chi connectivity index (χ4n) is 3.24. The van der Waals surface area contributed by atoms with Gasteiger partial charge in [0.1, 0.15) is 0 Å². The smallest absolute Gasteiger partial charge is 0.337 e. The van der Waals surface area contributed by atoms with Crippen molar-refractivity contribution in [1.29, 1.82) is 0 Å². The van der Waals surface area contributed by atoms with Gasteiger partial charge in [-0.3, -0.25) is 0 Å². The van der Waals surface area contributed by atoms with Gasteiger partial charge < -0.3 is 5.11 Å². The highest BCUT2D eigenvalue weighted by molar-refractivity contribution is 7.92. The summed E-state index contributed by atoms with van der Waals surface area (Å²) >= 11 is 0. The molecule has 4 aromatic carbocycles. The van der Waals surface area contributed by atoms with Gasteiger partial charge in [0.05, 0.1) is 15.4 Å². The molecule has 0 atom stereocenters. The highest BCUT2D eigenvalue weighted by atomic mass is 32.2. The first-order valence-corrected chi connectivity index (χ1v) is 9.46. The Labute approximate surface area is 150 Å². The SMILES string of the molecule is O=C(O)c1ccc2ccccc2c1S(=O)(=O)c1cccc2ccccc12. The van der Waals surface area contributed by atoms with Crippen LogP contribution in [0.5, 0.6) is 0 Å². The van der Waals surface area contributed by atoms with Crippen molar-refractivity contribution in [1.82, 2.24) is 0 Å². The van der Waals surface area contributed by atoms with Crippen molar-refractivity contribution in [2.75, 3.05) is 0 Å². The highest BCUT2D eigenvalue weighted by Gasteiger charge is 2.28. The molecule has 0 bridgehead atoms. The number of rotatable bonds is 3. The van der Waals surface area contributed by atoms with Crippen molar-refractivity contribution in [3.63, 3.8) is 0 Å². The third kappa shape index (κ3) is 2.45. The maximum Gasteiger partial charge on any atom is 0.337 e. The third-order valence-corrected chi connectivity index (χ3v) is 6.33. The molecule has 4 nitrogen and oxygen atoms in total. The van der Waals surface area contributed by atoms with Gasteiger partial charge in [0.25, 0.3) is 0 Å². The molecule has 0 aromatic heterocycles. The molecule has 26 heavy (non-hydrogen) atoms. The monoisotopic (exact) mass is 362 g/mol. The van der Waals surface area contributed by atoms with Gasteiger partial charge in [-0.15, -0.1) is 0 Å². The summed E-state index contributed by atoms with van der Waals surface area (Å²) in [5, 5.41) is 12.0. The predicted molar refractivity (Wildman–Crippen MR) is 100 cm³/mol. The van der Waals surface area contributed by atoms with Gasteiger partial charge in [0, 0.05) is 10.8 Å². The Balaban J connectivity index is 2.14. The van der Waals surface area contributed by atoms with E-state index in [9.17, 15) is 18.3 Å². The van der Waals surface area contributed by atoms with E-state index in [0.717, 1.165) is 5.39 Å². The molecule has 0 heterocycles. The number of carboxylic acids is 1. The van der Waals surface area contributed by atoms with Crippen LogP contribution >= 0.6 is 0 Å². The molecule has 128 valence electrons. The number of sulfone groups is 1. The molecule has 0 aliphatic heterocycles. The summed E-state index contributed by atoms with van der Waals surface area (Å²) in [6, 6.07) is 22.0. The van der Waals surface area contributed by atoms with Crippen molar-refractivity contribution in [3.8, 4) is 0 Å². The first kappa shape index (κ1) is 16.3. The Kier molecular flexibility index (Phi) is 3.74. The van der Waals surface area contributed by atoms with Crippen molar-refractivity contribution in [3.05, 3.63) is 84.4 Å². The molecule has 5 heteroatoms. The molecule has 1 N–H and O–H groups in total. The fraction of sp³-hybridized carbons (Fsp3) is 0. The summed E-state index contributed by atoms with van der Waals surface area (Å²) in [6.45, 7) is 0. The molecule has 0 aliphatic carbocycles. The minimum Gasteiger partial charge on any atom is -0.478 e. The van der Waals surface area contributed by atoms with E-state index in [1.807, 2.05) is 18.2 Å². The van der Waals surface area contributed by atoms with Crippen LogP contribution in [0, 0.1) is 0 Å². The second-order valence-corrected chi connectivity index (χ2v) is 7.80. The van der Waals surface area contributed by atoms with Gasteiger partial charge in [0.15, 0.2) is 0 Å². The van der Waals surface area contributed by atoms with E-state index < -0.39 is 15.8 Å². The number of carbonyl (C=O) groups is 1. The summed E-state index contributed by atoms with van der Waals surface area (Å²) in [4.78, 5) is 11.7. The van der Waals surface area contributed by atoms with E-state index in [1.165, 1.54) is 12.1 Å². The summed E-state index contributed by atoms with van der Waals surface area (Å²) in [6.07, 6.45) is 0. The van der Waals surface area contributed by atoms with Gasteiger partial charge in [-0.2, -0.15) is 0 Å². The zero-order valence-electron chi connectivity index (χ0n) is 13.6. The summed E-state index contributed by atoms with van der Waals surface area (Å²) < 4.78 is 27.0. The lowest BCUT2D eigenvalue weighted by Crippen LogP contribution is -2.11. The maximum atomic E-state index is 13.5. The third-order valence-electron chi connectivity index (χ3n) is 4.42. The van der Waals surface area contributed by atoms with E-state index in [0.29, 0.717) is 16.2 Å². The maximum absolute atomic E-state index is 13.5. The standard InChI is InChI=1S/C21H14O4S/c22-21(23)18-13-12-15-7-2-4-10-17(15)20(18)26(24,25)19-11-5-8-14-6-1-3-9-16(14)19/h1-13H,(H,22,23). The van der Waals surface area contributed by atoms with E-state index in [4.69, 9.17) is 0 Å². The molecule has 0 spiro atoms. The fourth-order valence-corrected chi connectivity index (χ4v) is 5.11. The van der Waals surface area contributed by atoms with Gasteiger partial charge in [-0.05, 0) is 22.9 Å². The van der Waals surface area contributed by atoms with Gasteiger partial charge in [-0.25, -0.2) is 13.2 Å². The lowest BCUT2D eigenvalue weighted by atomic mass is 10.1. The van der Waals surface area contributed by atoms with Crippen LogP contribution in [-0.4, -0.2) is 19.5 Å². The van der Waals surface area contributed by atoms with Crippen LogP contribution in [0.2, 0.25) is 0 Å². The number of aromatic carboxylic acids is 1. The zero-order chi connectivity index (χ0) is 18.3. The van der Waals surface area contributed by atoms with Crippen molar-refractivity contribution < 1.29 is 18.3 Å². The van der Waals surface area contributed by atoms with Crippen LogP contribution in [0.25, 0.3) is 21.5 Å².